The summed E-state index contributed by atoms with van der Waals surface area (Å²) in [5.74, 6) is 0.738. The van der Waals surface area contributed by atoms with Gasteiger partial charge in [-0.3, -0.25) is 4.79 Å². The molecule has 5 nitrogen and oxygen atoms in total. The van der Waals surface area contributed by atoms with Crippen LogP contribution in [0, 0.1) is 0 Å². The molecule has 2 heterocycles. The van der Waals surface area contributed by atoms with E-state index in [4.69, 9.17) is 0 Å². The maximum atomic E-state index is 12.1. The molecule has 1 aromatic carbocycles. The molecule has 0 saturated heterocycles. The lowest BCUT2D eigenvalue weighted by Gasteiger charge is -2.05. The summed E-state index contributed by atoms with van der Waals surface area (Å²) in [4.78, 5) is 19.3. The van der Waals surface area contributed by atoms with Crippen LogP contribution in [0.5, 0.6) is 0 Å². The molecule has 0 saturated carbocycles. The summed E-state index contributed by atoms with van der Waals surface area (Å²) in [6.07, 6.45) is 5.43. The van der Waals surface area contributed by atoms with Crippen LogP contribution < -0.4 is 5.32 Å². The topological polar surface area (TPSA) is 62.7 Å². The molecule has 0 atom stereocenters. The van der Waals surface area contributed by atoms with E-state index in [1.54, 1.807) is 6.20 Å². The molecule has 96 valence electrons. The lowest BCUT2D eigenvalue weighted by atomic mass is 10.1. The van der Waals surface area contributed by atoms with Crippen molar-refractivity contribution in [1.29, 1.82) is 0 Å². The molecule has 3 aromatic rings. The number of rotatable bonds is 3. The highest BCUT2D eigenvalue weighted by molar-refractivity contribution is 5.97. The third kappa shape index (κ3) is 2.22. The van der Waals surface area contributed by atoms with E-state index in [9.17, 15) is 4.79 Å². The third-order valence-electron chi connectivity index (χ3n) is 3.14. The molecule has 3 rings (SSSR count). The molecule has 0 radical (unpaired) electrons. The Bertz CT molecular complexity index is 726. The van der Waals surface area contributed by atoms with Crippen LogP contribution in [0.15, 0.2) is 42.9 Å². The van der Waals surface area contributed by atoms with Gasteiger partial charge in [-0.05, 0) is 24.3 Å². The number of aromatic nitrogens is 3. The Morgan fingerprint density at radius 1 is 1.42 bits per heavy atom. The number of hydrogen-bond donors (Lipinski definition) is 2. The standard InChI is InChI=1S/C14H14N4O/c1-18-7-6-16-13(18)9-17-14(19)11-2-3-12-10(8-11)4-5-15-12/h2-8,15H,9H2,1H3,(H,17,19). The third-order valence-corrected chi connectivity index (χ3v) is 3.14. The van der Waals surface area contributed by atoms with Crippen molar-refractivity contribution in [3.05, 3.63) is 54.2 Å². The van der Waals surface area contributed by atoms with Gasteiger partial charge in [0.1, 0.15) is 5.82 Å². The van der Waals surface area contributed by atoms with Gasteiger partial charge in [0.2, 0.25) is 0 Å². The highest BCUT2D eigenvalue weighted by Crippen LogP contribution is 2.14. The predicted molar refractivity (Wildman–Crippen MR) is 72.7 cm³/mol. The van der Waals surface area contributed by atoms with Gasteiger partial charge in [0.05, 0.1) is 6.54 Å². The van der Waals surface area contributed by atoms with Gasteiger partial charge >= 0.3 is 0 Å². The van der Waals surface area contributed by atoms with Crippen LogP contribution in [0.2, 0.25) is 0 Å². The highest BCUT2D eigenvalue weighted by atomic mass is 16.1. The Kier molecular flexibility index (Phi) is 2.79. The van der Waals surface area contributed by atoms with Gasteiger partial charge in [-0.15, -0.1) is 0 Å². The first-order valence-corrected chi connectivity index (χ1v) is 6.05. The fraction of sp³-hybridized carbons (Fsp3) is 0.143. The summed E-state index contributed by atoms with van der Waals surface area (Å²) in [6.45, 7) is 0.424. The molecule has 5 heteroatoms. The molecule has 1 amide bonds. The van der Waals surface area contributed by atoms with E-state index >= 15 is 0 Å². The van der Waals surface area contributed by atoms with Gasteiger partial charge in [0, 0.05) is 42.1 Å². The first-order valence-electron chi connectivity index (χ1n) is 6.05. The monoisotopic (exact) mass is 254 g/mol. The molecule has 0 bridgehead atoms. The maximum Gasteiger partial charge on any atom is 0.251 e. The van der Waals surface area contributed by atoms with Gasteiger partial charge in [-0.2, -0.15) is 0 Å². The highest BCUT2D eigenvalue weighted by Gasteiger charge is 2.07. The minimum absolute atomic E-state index is 0.0916. The van der Waals surface area contributed by atoms with E-state index in [1.165, 1.54) is 0 Å². The van der Waals surface area contributed by atoms with Gasteiger partial charge in [0.25, 0.3) is 5.91 Å². The van der Waals surface area contributed by atoms with E-state index in [-0.39, 0.29) is 5.91 Å². The number of nitrogens with zero attached hydrogens (tertiary/aromatic N) is 2. The molecule has 0 aliphatic rings. The van der Waals surface area contributed by atoms with Gasteiger partial charge < -0.3 is 14.9 Å². The number of nitrogens with one attached hydrogen (secondary N) is 2. The molecule has 2 N–H and O–H groups in total. The minimum Gasteiger partial charge on any atom is -0.361 e. The van der Waals surface area contributed by atoms with Crippen LogP contribution >= 0.6 is 0 Å². The second kappa shape index (κ2) is 4.61. The van der Waals surface area contributed by atoms with Crippen molar-refractivity contribution in [2.45, 2.75) is 6.54 Å². The first kappa shape index (κ1) is 11.5. The number of aromatic amines is 1. The molecule has 0 unspecified atom stereocenters. The van der Waals surface area contributed by atoms with E-state index in [2.05, 4.69) is 15.3 Å². The minimum atomic E-state index is -0.0916. The SMILES string of the molecule is Cn1ccnc1CNC(=O)c1ccc2[nH]ccc2c1. The maximum absolute atomic E-state index is 12.1. The van der Waals surface area contributed by atoms with Crippen molar-refractivity contribution in [3.8, 4) is 0 Å². The fourth-order valence-electron chi connectivity index (χ4n) is 2.02. The zero-order chi connectivity index (χ0) is 13.2. The Labute approximate surface area is 110 Å². The summed E-state index contributed by atoms with van der Waals surface area (Å²) in [7, 11) is 1.90. The smallest absolute Gasteiger partial charge is 0.251 e. The molecule has 0 aliphatic carbocycles. The summed E-state index contributed by atoms with van der Waals surface area (Å²) in [5.41, 5.74) is 1.68. The lowest BCUT2D eigenvalue weighted by molar-refractivity contribution is 0.0950. The summed E-state index contributed by atoms with van der Waals surface area (Å²) >= 11 is 0. The Balaban J connectivity index is 1.74. The van der Waals surface area contributed by atoms with Crippen LogP contribution in [0.3, 0.4) is 0 Å². The van der Waals surface area contributed by atoms with E-state index in [0.717, 1.165) is 16.7 Å². The fourth-order valence-corrected chi connectivity index (χ4v) is 2.02. The van der Waals surface area contributed by atoms with Crippen LogP contribution in [-0.2, 0) is 13.6 Å². The number of H-pyrrole nitrogens is 1. The Morgan fingerprint density at radius 2 is 2.32 bits per heavy atom. The number of imidazole rings is 1. The van der Waals surface area contributed by atoms with Crippen LogP contribution in [0.1, 0.15) is 16.2 Å². The molecular formula is C14H14N4O. The number of aryl methyl sites for hydroxylation is 1. The van der Waals surface area contributed by atoms with E-state index in [0.29, 0.717) is 12.1 Å². The van der Waals surface area contributed by atoms with Crippen molar-refractivity contribution in [1.82, 2.24) is 19.9 Å². The molecular weight excluding hydrogens is 240 g/mol. The zero-order valence-corrected chi connectivity index (χ0v) is 10.6. The van der Waals surface area contributed by atoms with Crippen LogP contribution in [0.25, 0.3) is 10.9 Å². The lowest BCUT2D eigenvalue weighted by Crippen LogP contribution is -2.24. The number of benzene rings is 1. The van der Waals surface area contributed by atoms with Gasteiger partial charge in [-0.25, -0.2) is 4.98 Å². The van der Waals surface area contributed by atoms with Crippen LogP contribution in [-0.4, -0.2) is 20.4 Å². The Hall–Kier alpha value is -2.56. The molecule has 2 aromatic heterocycles. The van der Waals surface area contributed by atoms with E-state index in [1.807, 2.05) is 48.3 Å². The van der Waals surface area contributed by atoms with Crippen molar-refractivity contribution in [3.63, 3.8) is 0 Å². The van der Waals surface area contributed by atoms with Gasteiger partial charge in [0.15, 0.2) is 0 Å². The summed E-state index contributed by atoms with van der Waals surface area (Å²) < 4.78 is 1.88. The van der Waals surface area contributed by atoms with Crippen molar-refractivity contribution >= 4 is 16.8 Å². The average molecular weight is 254 g/mol. The van der Waals surface area contributed by atoms with E-state index < -0.39 is 0 Å². The predicted octanol–water partition coefficient (Wildman–Crippen LogP) is 1.83. The molecule has 0 spiro atoms. The number of amides is 1. The second-order valence-electron chi connectivity index (χ2n) is 4.42. The van der Waals surface area contributed by atoms with Crippen molar-refractivity contribution in [2.75, 3.05) is 0 Å². The van der Waals surface area contributed by atoms with Gasteiger partial charge in [-0.1, -0.05) is 0 Å². The largest absolute Gasteiger partial charge is 0.361 e. The number of hydrogen-bond acceptors (Lipinski definition) is 2. The van der Waals surface area contributed by atoms with Crippen LogP contribution in [0.4, 0.5) is 0 Å². The average Bonchev–Trinajstić information content (AvgIpc) is 3.03. The Morgan fingerprint density at radius 3 is 3.11 bits per heavy atom. The number of carbonyl (C=O) groups is 1. The molecule has 0 aliphatic heterocycles. The number of carbonyl (C=O) groups excluding carboxylic acids is 1. The molecule has 19 heavy (non-hydrogen) atoms. The second-order valence-corrected chi connectivity index (χ2v) is 4.42. The molecule has 0 fully saturated rings. The normalized spacial score (nSPS) is 10.8. The quantitative estimate of drug-likeness (QED) is 0.749. The van der Waals surface area contributed by atoms with Crippen molar-refractivity contribution in [2.24, 2.45) is 7.05 Å². The zero-order valence-electron chi connectivity index (χ0n) is 10.6. The number of fused-ring (bicyclic) bond motifs is 1. The summed E-state index contributed by atoms with van der Waals surface area (Å²) in [5, 5.41) is 3.90. The first-order chi connectivity index (χ1) is 9.24. The summed E-state index contributed by atoms with van der Waals surface area (Å²) in [6, 6.07) is 7.54. The van der Waals surface area contributed by atoms with Crippen molar-refractivity contribution < 1.29 is 4.79 Å².